The second-order valence-corrected chi connectivity index (χ2v) is 4.66. The van der Waals surface area contributed by atoms with Gasteiger partial charge in [0.2, 0.25) is 0 Å². The van der Waals surface area contributed by atoms with Crippen molar-refractivity contribution >= 4 is 11.9 Å². The van der Waals surface area contributed by atoms with Crippen LogP contribution in [0.1, 0.15) is 19.4 Å². The van der Waals surface area contributed by atoms with Gasteiger partial charge in [-0.1, -0.05) is 32.0 Å². The average Bonchev–Trinajstić information content (AvgIpc) is 2.34. The number of ether oxygens (including phenoxy) is 1. The van der Waals surface area contributed by atoms with Crippen molar-refractivity contribution in [1.29, 1.82) is 0 Å². The number of carboxylic acids is 1. The smallest absolute Gasteiger partial charge is 0.258 e. The number of para-hydroxylation sites is 1. The topological polar surface area (TPSA) is 78.5 Å². The number of hydrogen-bond donors (Lipinski definition) is 1. The first-order chi connectivity index (χ1) is 8.91. The first kappa shape index (κ1) is 15.0. The molecule has 0 aliphatic carbocycles. The Labute approximate surface area is 112 Å². The predicted molar refractivity (Wildman–Crippen MR) is 68.4 cm³/mol. The van der Waals surface area contributed by atoms with Crippen molar-refractivity contribution < 1.29 is 19.4 Å². The molecule has 0 heterocycles. The molecule has 1 N–H and O–H groups in total. The Bertz CT molecular complexity index is 457. The van der Waals surface area contributed by atoms with Crippen LogP contribution in [0.25, 0.3) is 0 Å². The Morgan fingerprint density at radius 3 is 2.47 bits per heavy atom. The lowest BCUT2D eigenvalue weighted by Gasteiger charge is -2.23. The van der Waals surface area contributed by atoms with Gasteiger partial charge in [-0.2, -0.15) is 0 Å². The molecule has 1 amide bonds. The molecule has 5 nitrogen and oxygen atoms in total. The number of nitrogens with one attached hydrogen (secondary N) is 1. The van der Waals surface area contributed by atoms with Crippen LogP contribution in [0, 0.1) is 12.8 Å². The summed E-state index contributed by atoms with van der Waals surface area (Å²) in [5.74, 6) is -1.41. The molecule has 0 fully saturated rings. The lowest BCUT2D eigenvalue weighted by Crippen LogP contribution is -2.51. The molecular weight excluding hydrogens is 246 g/mol. The third-order valence-corrected chi connectivity index (χ3v) is 2.69. The number of amides is 1. The largest absolute Gasteiger partial charge is 0.548 e. The maximum absolute atomic E-state index is 11.6. The highest BCUT2D eigenvalue weighted by Crippen LogP contribution is 2.15. The molecule has 1 aromatic carbocycles. The zero-order valence-electron chi connectivity index (χ0n) is 11.3. The minimum Gasteiger partial charge on any atom is -0.548 e. The molecule has 0 spiro atoms. The molecule has 0 aliphatic heterocycles. The van der Waals surface area contributed by atoms with Crippen LogP contribution in [-0.4, -0.2) is 24.5 Å². The number of aryl methyl sites for hydroxylation is 1. The molecule has 1 rings (SSSR count). The average molecular weight is 264 g/mol. The highest BCUT2D eigenvalue weighted by atomic mass is 16.5. The number of benzene rings is 1. The van der Waals surface area contributed by atoms with Gasteiger partial charge in [-0.05, 0) is 24.5 Å². The molecule has 0 saturated carbocycles. The van der Waals surface area contributed by atoms with Gasteiger partial charge in [0.25, 0.3) is 5.91 Å². The van der Waals surface area contributed by atoms with Gasteiger partial charge in [0.1, 0.15) is 5.75 Å². The number of aliphatic carboxylic acids is 1. The van der Waals surface area contributed by atoms with Crippen LogP contribution in [0.5, 0.6) is 5.75 Å². The second kappa shape index (κ2) is 6.78. The van der Waals surface area contributed by atoms with E-state index in [2.05, 4.69) is 5.32 Å². The van der Waals surface area contributed by atoms with Gasteiger partial charge < -0.3 is 20.0 Å². The number of carbonyl (C=O) groups is 2. The Kier molecular flexibility index (Phi) is 5.36. The molecule has 0 radical (unpaired) electrons. The molecule has 1 atom stereocenters. The van der Waals surface area contributed by atoms with E-state index in [1.807, 2.05) is 19.1 Å². The van der Waals surface area contributed by atoms with Crippen molar-refractivity contribution in [3.05, 3.63) is 29.8 Å². The van der Waals surface area contributed by atoms with E-state index in [-0.39, 0.29) is 12.5 Å². The molecule has 19 heavy (non-hydrogen) atoms. The highest BCUT2D eigenvalue weighted by molar-refractivity contribution is 5.83. The lowest BCUT2D eigenvalue weighted by atomic mass is 10.1. The molecule has 5 heteroatoms. The number of carboxylic acid groups (broad SMARTS) is 1. The van der Waals surface area contributed by atoms with E-state index in [1.54, 1.807) is 26.0 Å². The van der Waals surface area contributed by atoms with E-state index >= 15 is 0 Å². The third kappa shape index (κ3) is 4.62. The summed E-state index contributed by atoms with van der Waals surface area (Å²) >= 11 is 0. The summed E-state index contributed by atoms with van der Waals surface area (Å²) < 4.78 is 5.33. The predicted octanol–water partition coefficient (Wildman–Crippen LogP) is 0.265. The Balaban J connectivity index is 2.52. The molecule has 0 aliphatic rings. The molecule has 0 bridgehead atoms. The SMILES string of the molecule is Cc1ccccc1OCC(=O)N[C@@H](C(=O)[O-])C(C)C. The second-order valence-electron chi connectivity index (χ2n) is 4.66. The fourth-order valence-electron chi connectivity index (χ4n) is 1.57. The van der Waals surface area contributed by atoms with Gasteiger partial charge in [-0.15, -0.1) is 0 Å². The normalized spacial score (nSPS) is 12.0. The minimum absolute atomic E-state index is 0.221. The Morgan fingerprint density at radius 1 is 1.32 bits per heavy atom. The van der Waals surface area contributed by atoms with E-state index < -0.39 is 17.9 Å². The van der Waals surface area contributed by atoms with Gasteiger partial charge in [-0.3, -0.25) is 4.79 Å². The summed E-state index contributed by atoms with van der Waals surface area (Å²) in [4.78, 5) is 22.5. The van der Waals surface area contributed by atoms with Crippen LogP contribution in [0.3, 0.4) is 0 Å². The maximum atomic E-state index is 11.6. The van der Waals surface area contributed by atoms with E-state index in [0.29, 0.717) is 5.75 Å². The van der Waals surface area contributed by atoms with Crippen molar-refractivity contribution in [2.45, 2.75) is 26.8 Å². The summed E-state index contributed by atoms with van der Waals surface area (Å²) in [7, 11) is 0. The Morgan fingerprint density at radius 2 is 1.95 bits per heavy atom. The van der Waals surface area contributed by atoms with Crippen LogP contribution in [0.2, 0.25) is 0 Å². The van der Waals surface area contributed by atoms with Gasteiger partial charge in [0, 0.05) is 0 Å². The first-order valence-electron chi connectivity index (χ1n) is 6.10. The van der Waals surface area contributed by atoms with Gasteiger partial charge in [0.15, 0.2) is 6.61 Å². The van der Waals surface area contributed by atoms with Crippen molar-refractivity contribution in [2.24, 2.45) is 5.92 Å². The maximum Gasteiger partial charge on any atom is 0.258 e. The first-order valence-corrected chi connectivity index (χ1v) is 6.10. The fraction of sp³-hybridized carbons (Fsp3) is 0.429. The summed E-state index contributed by atoms with van der Waals surface area (Å²) in [6, 6.07) is 6.28. The standard InChI is InChI=1S/C14H19NO4/c1-9(2)13(14(17)18)15-12(16)8-19-11-7-5-4-6-10(11)3/h4-7,9,13H,8H2,1-3H3,(H,15,16)(H,17,18)/p-1/t13-/m1/s1. The Hall–Kier alpha value is -2.04. The number of hydrogen-bond acceptors (Lipinski definition) is 4. The van der Waals surface area contributed by atoms with E-state index in [4.69, 9.17) is 4.74 Å². The van der Waals surface area contributed by atoms with Crippen LogP contribution >= 0.6 is 0 Å². The molecule has 0 saturated heterocycles. The summed E-state index contributed by atoms with van der Waals surface area (Å²) in [5, 5.41) is 13.2. The molecule has 0 unspecified atom stereocenters. The van der Waals surface area contributed by atoms with Crippen molar-refractivity contribution in [2.75, 3.05) is 6.61 Å². The van der Waals surface area contributed by atoms with Crippen LogP contribution in [0.15, 0.2) is 24.3 Å². The molecule has 1 aromatic rings. The van der Waals surface area contributed by atoms with Crippen LogP contribution in [-0.2, 0) is 9.59 Å². The third-order valence-electron chi connectivity index (χ3n) is 2.69. The number of carbonyl (C=O) groups excluding carboxylic acids is 2. The van der Waals surface area contributed by atoms with Crippen molar-refractivity contribution in [3.8, 4) is 5.75 Å². The molecular formula is C14H18NO4-. The minimum atomic E-state index is -1.29. The monoisotopic (exact) mass is 264 g/mol. The van der Waals surface area contributed by atoms with Crippen LogP contribution < -0.4 is 15.2 Å². The number of rotatable bonds is 6. The quantitative estimate of drug-likeness (QED) is 0.799. The highest BCUT2D eigenvalue weighted by Gasteiger charge is 2.17. The summed E-state index contributed by atoms with van der Waals surface area (Å²) in [6.07, 6.45) is 0. The molecule has 0 aromatic heterocycles. The van der Waals surface area contributed by atoms with Gasteiger partial charge in [-0.25, -0.2) is 0 Å². The van der Waals surface area contributed by atoms with E-state index in [0.717, 1.165) is 5.56 Å². The van der Waals surface area contributed by atoms with E-state index in [9.17, 15) is 14.7 Å². The lowest BCUT2D eigenvalue weighted by molar-refractivity contribution is -0.309. The fourth-order valence-corrected chi connectivity index (χ4v) is 1.57. The van der Waals surface area contributed by atoms with Gasteiger partial charge in [0.05, 0.1) is 12.0 Å². The molecule has 104 valence electrons. The van der Waals surface area contributed by atoms with Crippen molar-refractivity contribution in [1.82, 2.24) is 5.32 Å². The van der Waals surface area contributed by atoms with Gasteiger partial charge >= 0.3 is 0 Å². The van der Waals surface area contributed by atoms with E-state index in [1.165, 1.54) is 0 Å². The zero-order chi connectivity index (χ0) is 14.4. The van der Waals surface area contributed by atoms with Crippen LogP contribution in [0.4, 0.5) is 0 Å². The van der Waals surface area contributed by atoms with Crippen molar-refractivity contribution in [3.63, 3.8) is 0 Å². The summed E-state index contributed by atoms with van der Waals surface area (Å²) in [6.45, 7) is 5.04. The summed E-state index contributed by atoms with van der Waals surface area (Å²) in [5.41, 5.74) is 0.913. The zero-order valence-corrected chi connectivity index (χ0v) is 11.3.